The molecule has 4 nitrogen and oxygen atoms in total. The summed E-state index contributed by atoms with van der Waals surface area (Å²) in [6, 6.07) is 13.1. The minimum atomic E-state index is -0.922. The van der Waals surface area contributed by atoms with Crippen LogP contribution in [0, 0.1) is 6.92 Å². The number of carbonyl (C=O) groups is 1. The number of fused-ring (bicyclic) bond motifs is 1. The van der Waals surface area contributed by atoms with E-state index in [-0.39, 0.29) is 0 Å². The van der Waals surface area contributed by atoms with E-state index in [2.05, 4.69) is 9.97 Å². The maximum absolute atomic E-state index is 11.2. The van der Waals surface area contributed by atoms with Crippen LogP contribution in [0.2, 0.25) is 0 Å². The Kier molecular flexibility index (Phi) is 3.58. The van der Waals surface area contributed by atoms with E-state index in [0.29, 0.717) is 10.7 Å². The highest BCUT2D eigenvalue weighted by Gasteiger charge is 2.09. The lowest BCUT2D eigenvalue weighted by molar-refractivity contribution is 0.0696. The fourth-order valence-corrected chi connectivity index (χ4v) is 2.78. The van der Waals surface area contributed by atoms with Gasteiger partial charge in [-0.3, -0.25) is 0 Å². The Morgan fingerprint density at radius 3 is 2.81 bits per heavy atom. The Balaban J connectivity index is 1.94. The van der Waals surface area contributed by atoms with Crippen molar-refractivity contribution in [2.24, 2.45) is 0 Å². The molecule has 0 radical (unpaired) electrons. The molecule has 0 saturated heterocycles. The Hall–Kier alpha value is -2.40. The van der Waals surface area contributed by atoms with Gasteiger partial charge in [0.15, 0.2) is 5.16 Å². The molecule has 0 saturated carbocycles. The summed E-state index contributed by atoms with van der Waals surface area (Å²) in [5.41, 5.74) is 1.92. The molecular formula is C16H12N2O2S. The first-order valence-electron chi connectivity index (χ1n) is 6.37. The van der Waals surface area contributed by atoms with E-state index in [4.69, 9.17) is 5.11 Å². The number of hydrogen-bond donors (Lipinski definition) is 1. The zero-order valence-corrected chi connectivity index (χ0v) is 12.1. The Morgan fingerprint density at radius 1 is 1.19 bits per heavy atom. The predicted octanol–water partition coefficient (Wildman–Crippen LogP) is 3.79. The van der Waals surface area contributed by atoms with Gasteiger partial charge in [0.1, 0.15) is 0 Å². The van der Waals surface area contributed by atoms with Gasteiger partial charge in [-0.2, -0.15) is 0 Å². The van der Waals surface area contributed by atoms with Crippen molar-refractivity contribution in [2.45, 2.75) is 17.0 Å². The van der Waals surface area contributed by atoms with Gasteiger partial charge >= 0.3 is 5.97 Å². The summed E-state index contributed by atoms with van der Waals surface area (Å²) in [5.74, 6) is -0.922. The van der Waals surface area contributed by atoms with Crippen LogP contribution in [-0.2, 0) is 0 Å². The fourth-order valence-electron chi connectivity index (χ4n) is 2.00. The zero-order valence-electron chi connectivity index (χ0n) is 11.3. The number of hydrogen-bond acceptors (Lipinski definition) is 4. The molecule has 1 N–H and O–H groups in total. The van der Waals surface area contributed by atoms with Gasteiger partial charge < -0.3 is 5.11 Å². The van der Waals surface area contributed by atoms with Gasteiger partial charge in [0.2, 0.25) is 0 Å². The molecule has 0 unspecified atom stereocenters. The molecule has 0 fully saturated rings. The average Bonchev–Trinajstić information content (AvgIpc) is 2.49. The number of aromatic carboxylic acids is 1. The Bertz CT molecular complexity index is 833. The fraction of sp³-hybridized carbons (Fsp3) is 0.0625. The summed E-state index contributed by atoms with van der Waals surface area (Å²) >= 11 is 1.36. The SMILES string of the molecule is Cc1ccc(Sc2ncc3ccccc3n2)cc1C(=O)O. The predicted molar refractivity (Wildman–Crippen MR) is 81.8 cm³/mol. The van der Waals surface area contributed by atoms with Crippen molar-refractivity contribution in [2.75, 3.05) is 0 Å². The first-order valence-corrected chi connectivity index (χ1v) is 7.19. The molecule has 2 aromatic carbocycles. The monoisotopic (exact) mass is 296 g/mol. The average molecular weight is 296 g/mol. The van der Waals surface area contributed by atoms with E-state index in [1.165, 1.54) is 11.8 Å². The van der Waals surface area contributed by atoms with Crippen molar-refractivity contribution in [1.29, 1.82) is 0 Å². The van der Waals surface area contributed by atoms with Crippen molar-refractivity contribution in [1.82, 2.24) is 9.97 Å². The van der Waals surface area contributed by atoms with E-state index < -0.39 is 5.97 Å². The largest absolute Gasteiger partial charge is 0.478 e. The third kappa shape index (κ3) is 2.87. The van der Waals surface area contributed by atoms with E-state index >= 15 is 0 Å². The molecule has 0 amide bonds. The molecule has 3 aromatic rings. The molecule has 5 heteroatoms. The summed E-state index contributed by atoms with van der Waals surface area (Å²) in [4.78, 5) is 20.7. The van der Waals surface area contributed by atoms with E-state index in [1.54, 1.807) is 25.3 Å². The normalized spacial score (nSPS) is 10.7. The van der Waals surface area contributed by atoms with Crippen LogP contribution in [0.1, 0.15) is 15.9 Å². The molecular weight excluding hydrogens is 284 g/mol. The minimum absolute atomic E-state index is 0.306. The Morgan fingerprint density at radius 2 is 2.00 bits per heavy atom. The molecule has 1 aromatic heterocycles. The summed E-state index contributed by atoms with van der Waals surface area (Å²) in [6.45, 7) is 1.78. The van der Waals surface area contributed by atoms with Gasteiger partial charge in [0.05, 0.1) is 11.1 Å². The number of carboxylic acid groups (broad SMARTS) is 1. The molecule has 0 aliphatic carbocycles. The molecule has 1 heterocycles. The number of rotatable bonds is 3. The lowest BCUT2D eigenvalue weighted by atomic mass is 10.1. The highest BCUT2D eigenvalue weighted by Crippen LogP contribution is 2.27. The van der Waals surface area contributed by atoms with Crippen LogP contribution in [0.5, 0.6) is 0 Å². The van der Waals surface area contributed by atoms with Crippen molar-refractivity contribution >= 4 is 28.6 Å². The smallest absolute Gasteiger partial charge is 0.335 e. The Labute approximate surface area is 125 Å². The maximum atomic E-state index is 11.2. The number of nitrogens with zero attached hydrogens (tertiary/aromatic N) is 2. The maximum Gasteiger partial charge on any atom is 0.335 e. The third-order valence-electron chi connectivity index (χ3n) is 3.12. The van der Waals surface area contributed by atoms with Crippen molar-refractivity contribution in [3.05, 3.63) is 59.8 Å². The van der Waals surface area contributed by atoms with Gasteiger partial charge in [-0.05, 0) is 42.4 Å². The molecule has 0 aliphatic rings. The lowest BCUT2D eigenvalue weighted by Crippen LogP contribution is -1.99. The highest BCUT2D eigenvalue weighted by atomic mass is 32.2. The second-order valence-corrected chi connectivity index (χ2v) is 5.64. The van der Waals surface area contributed by atoms with Crippen molar-refractivity contribution in [3.8, 4) is 0 Å². The number of carboxylic acids is 1. The first kappa shape index (κ1) is 13.6. The summed E-state index contributed by atoms with van der Waals surface area (Å²) in [7, 11) is 0. The van der Waals surface area contributed by atoms with E-state index in [1.807, 2.05) is 30.3 Å². The number of aryl methyl sites for hydroxylation is 1. The molecule has 0 atom stereocenters. The van der Waals surface area contributed by atoms with Gasteiger partial charge in [-0.1, -0.05) is 24.3 Å². The van der Waals surface area contributed by atoms with Gasteiger partial charge in [-0.25, -0.2) is 14.8 Å². The lowest BCUT2D eigenvalue weighted by Gasteiger charge is -2.05. The standard InChI is InChI=1S/C16H12N2O2S/c1-10-6-7-12(8-13(10)15(19)20)21-16-17-9-11-4-2-3-5-14(11)18-16/h2-9H,1H3,(H,19,20). The molecule has 3 rings (SSSR count). The minimum Gasteiger partial charge on any atom is -0.478 e. The molecule has 21 heavy (non-hydrogen) atoms. The molecule has 0 spiro atoms. The quantitative estimate of drug-likeness (QED) is 0.745. The van der Waals surface area contributed by atoms with Crippen molar-refractivity contribution in [3.63, 3.8) is 0 Å². The molecule has 0 aliphatic heterocycles. The van der Waals surface area contributed by atoms with Crippen LogP contribution in [0.4, 0.5) is 0 Å². The summed E-state index contributed by atoms with van der Waals surface area (Å²) in [5, 5.41) is 10.7. The van der Waals surface area contributed by atoms with E-state index in [0.717, 1.165) is 21.4 Å². The van der Waals surface area contributed by atoms with Gasteiger partial charge in [-0.15, -0.1) is 0 Å². The van der Waals surface area contributed by atoms with Crippen LogP contribution in [0.25, 0.3) is 10.9 Å². The van der Waals surface area contributed by atoms with Crippen LogP contribution >= 0.6 is 11.8 Å². The molecule has 0 bridgehead atoms. The van der Waals surface area contributed by atoms with Crippen LogP contribution < -0.4 is 0 Å². The summed E-state index contributed by atoms with van der Waals surface area (Å²) in [6.07, 6.45) is 1.77. The summed E-state index contributed by atoms with van der Waals surface area (Å²) < 4.78 is 0. The third-order valence-corrected chi connectivity index (χ3v) is 3.98. The highest BCUT2D eigenvalue weighted by molar-refractivity contribution is 7.99. The second-order valence-electron chi connectivity index (χ2n) is 4.60. The van der Waals surface area contributed by atoms with Crippen LogP contribution in [-0.4, -0.2) is 21.0 Å². The number of benzene rings is 2. The molecule has 104 valence electrons. The van der Waals surface area contributed by atoms with Gasteiger partial charge in [0, 0.05) is 16.5 Å². The first-order chi connectivity index (χ1) is 10.1. The van der Waals surface area contributed by atoms with Crippen LogP contribution in [0.3, 0.4) is 0 Å². The second kappa shape index (κ2) is 5.54. The number of para-hydroxylation sites is 1. The number of aromatic nitrogens is 2. The topological polar surface area (TPSA) is 63.1 Å². The van der Waals surface area contributed by atoms with Crippen LogP contribution in [0.15, 0.2) is 58.7 Å². The van der Waals surface area contributed by atoms with Gasteiger partial charge in [0.25, 0.3) is 0 Å². The van der Waals surface area contributed by atoms with E-state index in [9.17, 15) is 4.79 Å². The zero-order chi connectivity index (χ0) is 14.8. The van der Waals surface area contributed by atoms with Crippen molar-refractivity contribution < 1.29 is 9.90 Å².